The van der Waals surface area contributed by atoms with E-state index in [0.29, 0.717) is 18.2 Å². The van der Waals surface area contributed by atoms with Gasteiger partial charge in [-0.3, -0.25) is 4.99 Å². The second-order valence-corrected chi connectivity index (χ2v) is 10.6. The van der Waals surface area contributed by atoms with Gasteiger partial charge in [-0.2, -0.15) is 0 Å². The second-order valence-electron chi connectivity index (χ2n) is 6.82. The molecule has 0 aromatic heterocycles. The van der Waals surface area contributed by atoms with E-state index in [1.165, 1.54) is 0 Å². The van der Waals surface area contributed by atoms with E-state index in [1.54, 1.807) is 11.8 Å². The second kappa shape index (κ2) is 7.97. The fraction of sp³-hybridized carbons (Fsp3) is 0.350. The summed E-state index contributed by atoms with van der Waals surface area (Å²) in [5.74, 6) is 1.14. The van der Waals surface area contributed by atoms with Crippen molar-refractivity contribution in [1.82, 2.24) is 0 Å². The number of thioether (sulfide) groups is 1. The average Bonchev–Trinajstić information content (AvgIpc) is 3.15. The normalized spacial score (nSPS) is 22.6. The molecule has 4 rings (SSSR count). The van der Waals surface area contributed by atoms with Gasteiger partial charge in [-0.25, -0.2) is 8.42 Å². The Labute approximate surface area is 174 Å². The molecule has 1 saturated heterocycles. The summed E-state index contributed by atoms with van der Waals surface area (Å²) < 4.78 is 29.3. The third-order valence-electron chi connectivity index (χ3n) is 4.78. The molecule has 0 saturated carbocycles. The van der Waals surface area contributed by atoms with Gasteiger partial charge in [0.2, 0.25) is 0 Å². The lowest BCUT2D eigenvalue weighted by atomic mass is 10.2. The van der Waals surface area contributed by atoms with E-state index < -0.39 is 9.84 Å². The summed E-state index contributed by atoms with van der Waals surface area (Å²) in [5.41, 5.74) is 1.96. The number of rotatable bonds is 5. The fourth-order valence-electron chi connectivity index (χ4n) is 3.43. The number of ether oxygens (including phenoxy) is 1. The van der Waals surface area contributed by atoms with Crippen LogP contribution in [0.3, 0.4) is 0 Å². The molecule has 28 heavy (non-hydrogen) atoms. The molecular weight excluding hydrogens is 416 g/mol. The van der Waals surface area contributed by atoms with Gasteiger partial charge in [-0.05, 0) is 42.8 Å². The molecule has 2 aliphatic heterocycles. The molecule has 5 nitrogen and oxygen atoms in total. The van der Waals surface area contributed by atoms with Gasteiger partial charge < -0.3 is 9.64 Å². The highest BCUT2D eigenvalue weighted by Gasteiger charge is 2.44. The summed E-state index contributed by atoms with van der Waals surface area (Å²) in [6, 6.07) is 15.4. The van der Waals surface area contributed by atoms with E-state index in [9.17, 15) is 8.42 Å². The molecule has 2 atom stereocenters. The molecule has 2 heterocycles. The number of hydrogen-bond acceptors (Lipinski definition) is 6. The van der Waals surface area contributed by atoms with Crippen LogP contribution in [0.4, 0.5) is 5.69 Å². The molecule has 0 bridgehead atoms. The van der Waals surface area contributed by atoms with Gasteiger partial charge in [0.1, 0.15) is 5.75 Å². The minimum absolute atomic E-state index is 0.00329. The van der Waals surface area contributed by atoms with Crippen LogP contribution >= 0.6 is 23.4 Å². The van der Waals surface area contributed by atoms with Crippen LogP contribution < -0.4 is 9.64 Å². The van der Waals surface area contributed by atoms with Crippen LogP contribution in [-0.4, -0.2) is 43.0 Å². The van der Waals surface area contributed by atoms with Crippen molar-refractivity contribution >= 4 is 44.1 Å². The maximum absolute atomic E-state index is 11.9. The standard InChI is InChI=1S/C20H21ClN2O3S2/c1-2-26-16-9-7-15(8-10-16)23(11-14-5-3-4-6-17(14)21)20-22-18-12-28(24,25)13-19(18)27-20/h3-10,18-19H,2,11-13H2,1H3/t18-,19+/m1/s1. The minimum atomic E-state index is -2.98. The lowest BCUT2D eigenvalue weighted by molar-refractivity contribution is 0.340. The maximum Gasteiger partial charge on any atom is 0.164 e. The van der Waals surface area contributed by atoms with Crippen molar-refractivity contribution in [3.05, 3.63) is 59.1 Å². The Morgan fingerprint density at radius 1 is 1.18 bits per heavy atom. The number of aliphatic imine (C=N–C) groups is 1. The van der Waals surface area contributed by atoms with E-state index in [2.05, 4.69) is 4.90 Å². The van der Waals surface area contributed by atoms with Gasteiger partial charge >= 0.3 is 0 Å². The maximum atomic E-state index is 11.9. The van der Waals surface area contributed by atoms with E-state index >= 15 is 0 Å². The van der Waals surface area contributed by atoms with Gasteiger partial charge in [-0.15, -0.1) is 0 Å². The molecular formula is C20H21ClN2O3S2. The highest BCUT2D eigenvalue weighted by Crippen LogP contribution is 2.38. The van der Waals surface area contributed by atoms with Crippen LogP contribution in [0.2, 0.25) is 5.02 Å². The Morgan fingerprint density at radius 2 is 1.93 bits per heavy atom. The van der Waals surface area contributed by atoms with Crippen LogP contribution in [0.15, 0.2) is 53.5 Å². The van der Waals surface area contributed by atoms with E-state index in [1.807, 2.05) is 55.5 Å². The zero-order valence-corrected chi connectivity index (χ0v) is 17.8. The Balaban J connectivity index is 1.65. The molecule has 0 amide bonds. The molecule has 2 aliphatic rings. The van der Waals surface area contributed by atoms with Gasteiger partial charge in [0.15, 0.2) is 15.0 Å². The van der Waals surface area contributed by atoms with Crippen LogP contribution in [0.5, 0.6) is 5.75 Å². The zero-order chi connectivity index (χ0) is 19.7. The number of amidine groups is 1. The van der Waals surface area contributed by atoms with Crippen LogP contribution in [0.1, 0.15) is 12.5 Å². The predicted molar refractivity (Wildman–Crippen MR) is 117 cm³/mol. The van der Waals surface area contributed by atoms with E-state index in [-0.39, 0.29) is 22.8 Å². The SMILES string of the molecule is CCOc1ccc(N(Cc2ccccc2Cl)C2=N[C@@H]3CS(=O)(=O)C[C@@H]3S2)cc1. The Bertz CT molecular complexity index is 993. The van der Waals surface area contributed by atoms with Crippen molar-refractivity contribution in [2.24, 2.45) is 4.99 Å². The number of sulfone groups is 1. The highest BCUT2D eigenvalue weighted by molar-refractivity contribution is 8.15. The summed E-state index contributed by atoms with van der Waals surface area (Å²) in [6.07, 6.45) is 0. The number of fused-ring (bicyclic) bond motifs is 1. The number of halogens is 1. The molecule has 0 radical (unpaired) electrons. The first-order valence-corrected chi connectivity index (χ1v) is 12.2. The van der Waals surface area contributed by atoms with Crippen molar-refractivity contribution in [1.29, 1.82) is 0 Å². The van der Waals surface area contributed by atoms with Gasteiger partial charge in [0.05, 0.1) is 30.7 Å². The van der Waals surface area contributed by atoms with E-state index in [0.717, 1.165) is 22.2 Å². The zero-order valence-electron chi connectivity index (χ0n) is 15.4. The topological polar surface area (TPSA) is 59.0 Å². The third kappa shape index (κ3) is 4.16. The van der Waals surface area contributed by atoms with Gasteiger partial charge in [-0.1, -0.05) is 41.6 Å². The van der Waals surface area contributed by atoms with Crippen molar-refractivity contribution in [2.45, 2.75) is 24.8 Å². The van der Waals surface area contributed by atoms with Crippen molar-refractivity contribution in [2.75, 3.05) is 23.0 Å². The Kier molecular flexibility index (Phi) is 5.58. The summed E-state index contributed by atoms with van der Waals surface area (Å²) in [7, 11) is -2.98. The van der Waals surface area contributed by atoms with Crippen LogP contribution in [0.25, 0.3) is 0 Å². The number of anilines is 1. The molecule has 0 aliphatic carbocycles. The Hall–Kier alpha value is -1.70. The summed E-state index contributed by atoms with van der Waals surface area (Å²) in [5, 5.41) is 1.54. The predicted octanol–water partition coefficient (Wildman–Crippen LogP) is 4.01. The van der Waals surface area contributed by atoms with Gasteiger partial charge in [0, 0.05) is 16.0 Å². The molecule has 2 aromatic rings. The van der Waals surface area contributed by atoms with Crippen molar-refractivity contribution in [3.63, 3.8) is 0 Å². The Morgan fingerprint density at radius 3 is 2.61 bits per heavy atom. The molecule has 1 fully saturated rings. The highest BCUT2D eigenvalue weighted by atomic mass is 35.5. The number of nitrogens with zero attached hydrogens (tertiary/aromatic N) is 2. The molecule has 148 valence electrons. The minimum Gasteiger partial charge on any atom is -0.494 e. The molecule has 0 unspecified atom stereocenters. The lowest BCUT2D eigenvalue weighted by Crippen LogP contribution is -2.28. The third-order valence-corrected chi connectivity index (χ3v) is 8.40. The number of benzene rings is 2. The molecule has 2 aromatic carbocycles. The average molecular weight is 437 g/mol. The first-order valence-electron chi connectivity index (χ1n) is 9.14. The number of hydrogen-bond donors (Lipinski definition) is 0. The monoisotopic (exact) mass is 436 g/mol. The largest absolute Gasteiger partial charge is 0.494 e. The summed E-state index contributed by atoms with van der Waals surface area (Å²) in [4.78, 5) is 6.86. The van der Waals surface area contributed by atoms with Crippen LogP contribution in [0, 0.1) is 0 Å². The van der Waals surface area contributed by atoms with Crippen molar-refractivity contribution in [3.8, 4) is 5.75 Å². The smallest absolute Gasteiger partial charge is 0.164 e. The fourth-order valence-corrected chi connectivity index (χ4v) is 7.40. The molecule has 0 spiro atoms. The molecule has 0 N–H and O–H groups in total. The quantitative estimate of drug-likeness (QED) is 0.708. The molecule has 8 heteroatoms. The van der Waals surface area contributed by atoms with E-state index in [4.69, 9.17) is 21.3 Å². The van der Waals surface area contributed by atoms with Gasteiger partial charge in [0.25, 0.3) is 0 Å². The first kappa shape index (κ1) is 19.6. The lowest BCUT2D eigenvalue weighted by Gasteiger charge is -2.25. The first-order chi connectivity index (χ1) is 13.4. The van der Waals surface area contributed by atoms with Crippen LogP contribution in [-0.2, 0) is 16.4 Å². The summed E-state index contributed by atoms with van der Waals surface area (Å²) in [6.45, 7) is 3.13. The summed E-state index contributed by atoms with van der Waals surface area (Å²) >= 11 is 7.94. The van der Waals surface area contributed by atoms with Crippen molar-refractivity contribution < 1.29 is 13.2 Å².